The average molecular weight is 508 g/mol. The van der Waals surface area contributed by atoms with Gasteiger partial charge in [-0.05, 0) is 62.4 Å². The van der Waals surface area contributed by atoms with Crippen LogP contribution in [0.2, 0.25) is 0 Å². The maximum absolute atomic E-state index is 13.9. The lowest BCUT2D eigenvalue weighted by Gasteiger charge is -2.27. The van der Waals surface area contributed by atoms with Crippen molar-refractivity contribution in [3.63, 3.8) is 0 Å². The molecule has 0 unspecified atom stereocenters. The van der Waals surface area contributed by atoms with Crippen LogP contribution in [0.25, 0.3) is 0 Å². The highest BCUT2D eigenvalue weighted by atomic mass is 31.2. The number of rotatable bonds is 9. The normalized spacial score (nSPS) is 11.6. The second-order valence-electron chi connectivity index (χ2n) is 8.57. The van der Waals surface area contributed by atoms with Crippen LogP contribution in [0.5, 0.6) is 0 Å². The summed E-state index contributed by atoms with van der Waals surface area (Å²) in [7, 11) is -2.50. The Labute approximate surface area is 220 Å². The summed E-state index contributed by atoms with van der Waals surface area (Å²) >= 11 is 0. The molecule has 5 heteroatoms. The Bertz CT molecular complexity index is 1240. The fourth-order valence-electron chi connectivity index (χ4n) is 4.46. The first-order valence-corrected chi connectivity index (χ1v) is 14.4. The van der Waals surface area contributed by atoms with Crippen molar-refractivity contribution >= 4 is 35.0 Å². The number of likely N-dealkylation sites (N-methyl/N-ethyl adjacent to an activating group) is 1. The van der Waals surface area contributed by atoms with Gasteiger partial charge < -0.3 is 10.2 Å². The molecule has 0 aliphatic heterocycles. The van der Waals surface area contributed by atoms with E-state index in [1.807, 2.05) is 92.5 Å². The van der Waals surface area contributed by atoms with Crippen molar-refractivity contribution in [1.82, 2.24) is 10.2 Å². The summed E-state index contributed by atoms with van der Waals surface area (Å²) < 4.78 is 0. The van der Waals surface area contributed by atoms with Crippen molar-refractivity contribution in [3.8, 4) is 0 Å². The molecule has 4 aromatic carbocycles. The highest BCUT2D eigenvalue weighted by molar-refractivity contribution is 7.98. The first-order valence-electron chi connectivity index (χ1n) is 12.5. The van der Waals surface area contributed by atoms with Gasteiger partial charge in [0.05, 0.1) is 0 Å². The SMILES string of the molecule is CCN(CC)C(=O)/C(=C\[P+](c1ccccc1)(c1ccccc1)c1ccccc1)NC(=O)c1ccccc1. The van der Waals surface area contributed by atoms with Gasteiger partial charge in [-0.25, -0.2) is 0 Å². The fraction of sp³-hybridized carbons (Fsp3) is 0.125. The second-order valence-corrected chi connectivity index (χ2v) is 11.8. The standard InChI is InChI=1S/C32H31N2O2P/c1-3-34(4-2)32(36)30(33-31(35)26-17-9-5-10-18-26)25-37(27-19-11-6-12-20-27,28-21-13-7-14-22-28)29-23-15-8-16-24-29/h5-25H,3-4H2,1-2H3/p+1/b30-25+. The minimum Gasteiger partial charge on any atom is -0.338 e. The van der Waals surface area contributed by atoms with Gasteiger partial charge in [-0.2, -0.15) is 0 Å². The van der Waals surface area contributed by atoms with Crippen LogP contribution in [0, 0.1) is 0 Å². The zero-order valence-electron chi connectivity index (χ0n) is 21.2. The molecular formula is C32H32N2O2P+. The molecule has 0 fully saturated rings. The van der Waals surface area contributed by atoms with Gasteiger partial charge in [0.1, 0.15) is 34.7 Å². The summed E-state index contributed by atoms with van der Waals surface area (Å²) in [6.45, 7) is 4.99. The molecule has 0 atom stereocenters. The first kappa shape index (κ1) is 26.1. The van der Waals surface area contributed by atoms with Crippen molar-refractivity contribution < 1.29 is 9.59 Å². The van der Waals surface area contributed by atoms with E-state index in [2.05, 4.69) is 41.7 Å². The van der Waals surface area contributed by atoms with Crippen LogP contribution >= 0.6 is 7.26 Å². The summed E-state index contributed by atoms with van der Waals surface area (Å²) in [6.07, 6.45) is 0. The minimum atomic E-state index is -2.50. The predicted molar refractivity (Wildman–Crippen MR) is 155 cm³/mol. The van der Waals surface area contributed by atoms with Crippen LogP contribution in [0.3, 0.4) is 0 Å². The molecule has 0 bridgehead atoms. The lowest BCUT2D eigenvalue weighted by molar-refractivity contribution is -0.127. The number of carbonyl (C=O) groups is 2. The van der Waals surface area contributed by atoms with Crippen LogP contribution in [0.1, 0.15) is 24.2 Å². The van der Waals surface area contributed by atoms with E-state index in [1.54, 1.807) is 17.0 Å². The quantitative estimate of drug-likeness (QED) is 0.253. The lowest BCUT2D eigenvalue weighted by atomic mass is 10.2. The Balaban J connectivity index is 2.00. The van der Waals surface area contributed by atoms with E-state index in [9.17, 15) is 9.59 Å². The third-order valence-electron chi connectivity index (χ3n) is 6.38. The number of nitrogens with zero attached hydrogens (tertiary/aromatic N) is 1. The van der Waals surface area contributed by atoms with Gasteiger partial charge in [0.15, 0.2) is 0 Å². The van der Waals surface area contributed by atoms with Gasteiger partial charge in [0.25, 0.3) is 11.8 Å². The van der Waals surface area contributed by atoms with Gasteiger partial charge in [0, 0.05) is 18.7 Å². The Hall–Kier alpha value is -4.01. The molecular weight excluding hydrogens is 475 g/mol. The highest BCUT2D eigenvalue weighted by Crippen LogP contribution is 2.57. The number of hydrogen-bond donors (Lipinski definition) is 1. The lowest BCUT2D eigenvalue weighted by Crippen LogP contribution is -2.39. The summed E-state index contributed by atoms with van der Waals surface area (Å²) in [6, 6.07) is 39.8. The third kappa shape index (κ3) is 5.71. The van der Waals surface area contributed by atoms with E-state index in [0.717, 1.165) is 15.9 Å². The zero-order valence-corrected chi connectivity index (χ0v) is 22.1. The zero-order chi connectivity index (χ0) is 26.1. The van der Waals surface area contributed by atoms with Crippen molar-refractivity contribution in [2.75, 3.05) is 13.1 Å². The molecule has 0 aliphatic rings. The van der Waals surface area contributed by atoms with Crippen LogP contribution < -0.4 is 21.2 Å². The van der Waals surface area contributed by atoms with Crippen LogP contribution in [-0.4, -0.2) is 29.8 Å². The Morgan fingerprint density at radius 1 is 0.649 bits per heavy atom. The van der Waals surface area contributed by atoms with E-state index >= 15 is 0 Å². The van der Waals surface area contributed by atoms with E-state index in [-0.39, 0.29) is 11.8 Å². The first-order chi connectivity index (χ1) is 18.1. The van der Waals surface area contributed by atoms with E-state index in [0.29, 0.717) is 24.4 Å². The number of hydrogen-bond acceptors (Lipinski definition) is 2. The molecule has 0 saturated carbocycles. The molecule has 37 heavy (non-hydrogen) atoms. The molecule has 0 saturated heterocycles. The predicted octanol–water partition coefficient (Wildman–Crippen LogP) is 5.12. The molecule has 1 N–H and O–H groups in total. The van der Waals surface area contributed by atoms with Gasteiger partial charge >= 0.3 is 0 Å². The van der Waals surface area contributed by atoms with Crippen molar-refractivity contribution in [3.05, 3.63) is 138 Å². The molecule has 2 amide bonds. The average Bonchev–Trinajstić information content (AvgIpc) is 2.97. The maximum atomic E-state index is 13.9. The van der Waals surface area contributed by atoms with Crippen molar-refractivity contribution in [2.24, 2.45) is 0 Å². The number of benzene rings is 4. The molecule has 0 aliphatic carbocycles. The van der Waals surface area contributed by atoms with Crippen molar-refractivity contribution in [1.29, 1.82) is 0 Å². The largest absolute Gasteiger partial charge is 0.338 e. The number of amides is 2. The summed E-state index contributed by atoms with van der Waals surface area (Å²) in [5.74, 6) is 1.54. The monoisotopic (exact) mass is 507 g/mol. The molecule has 4 aromatic rings. The number of carbonyl (C=O) groups excluding carboxylic acids is 2. The molecule has 0 spiro atoms. The molecule has 4 rings (SSSR count). The highest BCUT2D eigenvalue weighted by Gasteiger charge is 2.45. The smallest absolute Gasteiger partial charge is 0.273 e. The molecule has 4 nitrogen and oxygen atoms in total. The molecule has 0 heterocycles. The topological polar surface area (TPSA) is 49.4 Å². The summed E-state index contributed by atoms with van der Waals surface area (Å²) in [4.78, 5) is 29.0. The third-order valence-corrected chi connectivity index (χ3v) is 10.4. The van der Waals surface area contributed by atoms with Crippen LogP contribution in [0.15, 0.2) is 133 Å². The Kier molecular flexibility index (Phi) is 8.66. The van der Waals surface area contributed by atoms with Gasteiger partial charge in [0.2, 0.25) is 0 Å². The Morgan fingerprint density at radius 3 is 1.41 bits per heavy atom. The molecule has 0 aromatic heterocycles. The Morgan fingerprint density at radius 2 is 1.03 bits per heavy atom. The van der Waals surface area contributed by atoms with E-state index in [1.165, 1.54) is 0 Å². The second kappa shape index (κ2) is 12.3. The van der Waals surface area contributed by atoms with Crippen LogP contribution in [0.4, 0.5) is 0 Å². The van der Waals surface area contributed by atoms with E-state index < -0.39 is 7.26 Å². The maximum Gasteiger partial charge on any atom is 0.273 e. The minimum absolute atomic E-state index is 0.193. The summed E-state index contributed by atoms with van der Waals surface area (Å²) in [5.41, 5.74) is 0.797. The van der Waals surface area contributed by atoms with E-state index in [4.69, 9.17) is 0 Å². The van der Waals surface area contributed by atoms with Crippen molar-refractivity contribution in [2.45, 2.75) is 13.8 Å². The van der Waals surface area contributed by atoms with Gasteiger partial charge in [-0.15, -0.1) is 0 Å². The summed E-state index contributed by atoms with van der Waals surface area (Å²) in [5, 5.41) is 6.31. The van der Waals surface area contributed by atoms with Gasteiger partial charge in [-0.1, -0.05) is 72.8 Å². The van der Waals surface area contributed by atoms with Crippen LogP contribution in [-0.2, 0) is 4.79 Å². The fourth-order valence-corrected chi connectivity index (χ4v) is 8.29. The molecule has 186 valence electrons. The number of nitrogens with one attached hydrogen (secondary N) is 1. The molecule has 0 radical (unpaired) electrons. The van der Waals surface area contributed by atoms with Gasteiger partial charge in [-0.3, -0.25) is 9.59 Å².